The second-order valence-corrected chi connectivity index (χ2v) is 3.52. The second-order valence-electron chi connectivity index (χ2n) is 1.74. The molecule has 0 aliphatic heterocycles. The van der Waals surface area contributed by atoms with Crippen molar-refractivity contribution in [2.24, 2.45) is 5.73 Å². The average molecular weight is 155 g/mol. The van der Waals surface area contributed by atoms with Crippen molar-refractivity contribution in [1.82, 2.24) is 0 Å². The third-order valence-corrected chi connectivity index (χ3v) is 1.56. The fourth-order valence-electron chi connectivity index (χ4n) is 0.300. The summed E-state index contributed by atoms with van der Waals surface area (Å²) in [7, 11) is -3.96. The third-order valence-electron chi connectivity index (χ3n) is 0.716. The highest BCUT2D eigenvalue weighted by atomic mass is 31.2. The van der Waals surface area contributed by atoms with E-state index in [2.05, 4.69) is 0 Å². The molecule has 6 heteroatoms. The molecule has 5 N–H and O–H groups in total. The molecule has 0 heterocycles. The van der Waals surface area contributed by atoms with Crippen LogP contribution in [-0.2, 0) is 4.57 Å². The van der Waals surface area contributed by atoms with Crippen molar-refractivity contribution < 1.29 is 19.5 Å². The van der Waals surface area contributed by atoms with Crippen LogP contribution in [0, 0.1) is 0 Å². The molecule has 0 aliphatic carbocycles. The van der Waals surface area contributed by atoms with Crippen LogP contribution >= 0.6 is 7.60 Å². The van der Waals surface area contributed by atoms with Crippen LogP contribution in [0.3, 0.4) is 0 Å². The first-order valence-electron chi connectivity index (χ1n) is 2.40. The van der Waals surface area contributed by atoms with Gasteiger partial charge in [0.05, 0.1) is 6.16 Å². The first kappa shape index (κ1) is 9.07. The lowest BCUT2D eigenvalue weighted by Crippen LogP contribution is -2.19. The summed E-state index contributed by atoms with van der Waals surface area (Å²) in [6.07, 6.45) is -1.55. The van der Waals surface area contributed by atoms with Crippen LogP contribution in [-0.4, -0.2) is 27.3 Å². The Morgan fingerprint density at radius 2 is 2.00 bits per heavy atom. The molecule has 5 nitrogen and oxygen atoms in total. The van der Waals surface area contributed by atoms with E-state index in [4.69, 9.17) is 20.6 Å². The van der Waals surface area contributed by atoms with Crippen LogP contribution in [0.2, 0.25) is 0 Å². The van der Waals surface area contributed by atoms with Gasteiger partial charge in [-0.25, -0.2) is 0 Å². The molecule has 0 spiro atoms. The normalized spacial score (nSPS) is 15.6. The molecule has 0 aromatic heterocycles. The lowest BCUT2D eigenvalue weighted by atomic mass is 10.4. The van der Waals surface area contributed by atoms with E-state index in [0.717, 1.165) is 0 Å². The molecule has 0 amide bonds. The number of aliphatic hydroxyl groups excluding tert-OH is 1. The minimum absolute atomic E-state index is 0.0652. The standard InChI is InChI=1S/C3H10NO4P/c4-3(5)1-2-9(6,7)8/h3,5H,1-2,4H2,(H2,6,7,8). The fraction of sp³-hybridized carbons (Fsp3) is 1.00. The highest BCUT2D eigenvalue weighted by Crippen LogP contribution is 2.34. The van der Waals surface area contributed by atoms with E-state index >= 15 is 0 Å². The molecule has 0 saturated heterocycles. The molecule has 56 valence electrons. The van der Waals surface area contributed by atoms with E-state index < -0.39 is 13.8 Å². The van der Waals surface area contributed by atoms with E-state index in [-0.39, 0.29) is 12.6 Å². The van der Waals surface area contributed by atoms with Crippen molar-refractivity contribution in [1.29, 1.82) is 0 Å². The van der Waals surface area contributed by atoms with Gasteiger partial charge in [0.25, 0.3) is 0 Å². The first-order valence-corrected chi connectivity index (χ1v) is 4.20. The van der Waals surface area contributed by atoms with Crippen molar-refractivity contribution >= 4 is 7.60 Å². The summed E-state index contributed by atoms with van der Waals surface area (Å²) >= 11 is 0. The number of nitrogens with two attached hydrogens (primary N) is 1. The van der Waals surface area contributed by atoms with Crippen LogP contribution < -0.4 is 5.73 Å². The van der Waals surface area contributed by atoms with Crippen LogP contribution in [0.25, 0.3) is 0 Å². The van der Waals surface area contributed by atoms with Gasteiger partial charge in [-0.2, -0.15) is 0 Å². The molecule has 0 aromatic carbocycles. The number of hydrogen-bond donors (Lipinski definition) is 4. The lowest BCUT2D eigenvalue weighted by Gasteiger charge is -2.04. The molecular weight excluding hydrogens is 145 g/mol. The van der Waals surface area contributed by atoms with Gasteiger partial charge in [0.1, 0.15) is 6.23 Å². The summed E-state index contributed by atoms with van der Waals surface area (Å²) in [6, 6.07) is 0. The predicted octanol–water partition coefficient (Wildman–Crippen LogP) is -1.17. The van der Waals surface area contributed by atoms with E-state index in [1.165, 1.54) is 0 Å². The largest absolute Gasteiger partial charge is 0.379 e. The molecule has 0 saturated carbocycles. The molecule has 0 rings (SSSR count). The number of aliphatic hydroxyl groups is 1. The maximum atomic E-state index is 10.1. The van der Waals surface area contributed by atoms with Gasteiger partial charge in [-0.1, -0.05) is 0 Å². The Morgan fingerprint density at radius 1 is 1.56 bits per heavy atom. The summed E-state index contributed by atoms with van der Waals surface area (Å²) in [5.41, 5.74) is 4.81. The van der Waals surface area contributed by atoms with Gasteiger partial charge >= 0.3 is 7.60 Å². The topological polar surface area (TPSA) is 104 Å². The third kappa shape index (κ3) is 8.07. The van der Waals surface area contributed by atoms with Gasteiger partial charge in [0.15, 0.2) is 0 Å². The van der Waals surface area contributed by atoms with Crippen molar-refractivity contribution in [3.05, 3.63) is 0 Å². The lowest BCUT2D eigenvalue weighted by molar-refractivity contribution is 0.176. The second kappa shape index (κ2) is 3.29. The predicted molar refractivity (Wildman–Crippen MR) is 31.7 cm³/mol. The zero-order chi connectivity index (χ0) is 7.49. The van der Waals surface area contributed by atoms with Crippen LogP contribution in [0.15, 0.2) is 0 Å². The Bertz CT molecular complexity index is 119. The smallest absolute Gasteiger partial charge is 0.325 e. The van der Waals surface area contributed by atoms with Gasteiger partial charge < -0.3 is 20.6 Å². The zero-order valence-corrected chi connectivity index (χ0v) is 5.66. The minimum atomic E-state index is -3.96. The molecule has 0 fully saturated rings. The Hall–Kier alpha value is 0.0700. The molecule has 0 bridgehead atoms. The summed E-state index contributed by atoms with van der Waals surface area (Å²) in [6.45, 7) is 0. The van der Waals surface area contributed by atoms with Gasteiger partial charge in [-0.15, -0.1) is 0 Å². The van der Waals surface area contributed by atoms with Gasteiger partial charge in [0.2, 0.25) is 0 Å². The Balaban J connectivity index is 3.40. The quantitative estimate of drug-likeness (QED) is 0.303. The molecule has 1 atom stereocenters. The monoisotopic (exact) mass is 155 g/mol. The molecule has 0 radical (unpaired) electrons. The van der Waals surface area contributed by atoms with Gasteiger partial charge in [-0.05, 0) is 6.42 Å². The average Bonchev–Trinajstić information content (AvgIpc) is 1.59. The van der Waals surface area contributed by atoms with E-state index in [1.54, 1.807) is 0 Å². The minimum Gasteiger partial charge on any atom is -0.379 e. The molecular formula is C3H10NO4P. The molecule has 9 heavy (non-hydrogen) atoms. The van der Waals surface area contributed by atoms with E-state index in [0.29, 0.717) is 0 Å². The highest BCUT2D eigenvalue weighted by molar-refractivity contribution is 7.51. The zero-order valence-electron chi connectivity index (χ0n) is 4.77. The summed E-state index contributed by atoms with van der Waals surface area (Å²) in [4.78, 5) is 16.4. The van der Waals surface area contributed by atoms with Gasteiger partial charge in [-0.3, -0.25) is 4.57 Å². The Labute approximate surface area is 52.7 Å². The molecule has 0 aromatic rings. The van der Waals surface area contributed by atoms with Crippen molar-refractivity contribution in [2.45, 2.75) is 12.6 Å². The van der Waals surface area contributed by atoms with Crippen LogP contribution in [0.4, 0.5) is 0 Å². The van der Waals surface area contributed by atoms with Crippen LogP contribution in [0.5, 0.6) is 0 Å². The Morgan fingerprint density at radius 3 is 2.11 bits per heavy atom. The van der Waals surface area contributed by atoms with Crippen molar-refractivity contribution in [3.8, 4) is 0 Å². The van der Waals surface area contributed by atoms with Crippen molar-refractivity contribution in [3.63, 3.8) is 0 Å². The SMILES string of the molecule is NC(O)CCP(=O)(O)O. The summed E-state index contributed by atoms with van der Waals surface area (Å²) in [5, 5.41) is 8.35. The molecule has 0 aliphatic rings. The first-order chi connectivity index (χ1) is 3.92. The van der Waals surface area contributed by atoms with Crippen LogP contribution in [0.1, 0.15) is 6.42 Å². The van der Waals surface area contributed by atoms with Crippen molar-refractivity contribution in [2.75, 3.05) is 6.16 Å². The molecule has 1 unspecified atom stereocenters. The number of hydrogen-bond acceptors (Lipinski definition) is 3. The maximum absolute atomic E-state index is 10.1. The number of rotatable bonds is 3. The van der Waals surface area contributed by atoms with E-state index in [1.807, 2.05) is 0 Å². The van der Waals surface area contributed by atoms with E-state index in [9.17, 15) is 4.57 Å². The Kier molecular flexibility index (Phi) is 3.32. The maximum Gasteiger partial charge on any atom is 0.325 e. The highest BCUT2D eigenvalue weighted by Gasteiger charge is 2.13. The van der Waals surface area contributed by atoms with Gasteiger partial charge in [0, 0.05) is 0 Å². The summed E-state index contributed by atoms with van der Waals surface area (Å²) in [5.74, 6) is 0. The fourth-order valence-corrected chi connectivity index (χ4v) is 0.901. The summed E-state index contributed by atoms with van der Waals surface area (Å²) < 4.78 is 10.1.